The largest absolute Gasteiger partial charge is 0.508 e. The molecule has 28 heavy (non-hydrogen) atoms. The van der Waals surface area contributed by atoms with Gasteiger partial charge in [-0.2, -0.15) is 0 Å². The highest BCUT2D eigenvalue weighted by Crippen LogP contribution is 2.45. The first kappa shape index (κ1) is 19.2. The van der Waals surface area contributed by atoms with Crippen LogP contribution in [0.25, 0.3) is 16.7 Å². The minimum absolute atomic E-state index is 0.0277. The van der Waals surface area contributed by atoms with E-state index >= 15 is 0 Å². The van der Waals surface area contributed by atoms with Gasteiger partial charge in [0.2, 0.25) is 0 Å². The van der Waals surface area contributed by atoms with Crippen molar-refractivity contribution in [3.63, 3.8) is 0 Å². The number of hydrogen-bond acceptors (Lipinski definition) is 3. The van der Waals surface area contributed by atoms with Crippen molar-refractivity contribution in [1.82, 2.24) is 0 Å². The number of aliphatic hydroxyl groups excluding tert-OH is 1. The zero-order chi connectivity index (χ0) is 20.1. The van der Waals surface area contributed by atoms with Gasteiger partial charge in [-0.15, -0.1) is 0 Å². The maximum absolute atomic E-state index is 13.2. The van der Waals surface area contributed by atoms with E-state index in [1.807, 2.05) is 38.1 Å². The fourth-order valence-corrected chi connectivity index (χ4v) is 4.33. The molecule has 2 aliphatic heterocycles. The molecule has 2 bridgehead atoms. The van der Waals surface area contributed by atoms with Gasteiger partial charge in [0.15, 0.2) is 5.78 Å². The standard InChI is InChI=1S/C23H22ClFO3/c1-3-13-10-14(15-5-7-18(24)16(11-15)12-25)4-6-17(13)20-21(26)19-8-9-23(2,28-19)22(20)27/h4-7,10-11,19,27H,3,8-9,12H2,1-2H3/t19-,23+/m0/s1. The Morgan fingerprint density at radius 1 is 1.21 bits per heavy atom. The lowest BCUT2D eigenvalue weighted by Crippen LogP contribution is -2.37. The Balaban J connectivity index is 1.82. The fraction of sp³-hybridized carbons (Fsp3) is 0.348. The Morgan fingerprint density at radius 2 is 1.89 bits per heavy atom. The smallest absolute Gasteiger partial charge is 0.195 e. The Kier molecular flexibility index (Phi) is 4.80. The predicted octanol–water partition coefficient (Wildman–Crippen LogP) is 5.83. The molecule has 2 aromatic rings. The van der Waals surface area contributed by atoms with Gasteiger partial charge in [0.05, 0.1) is 5.57 Å². The summed E-state index contributed by atoms with van der Waals surface area (Å²) in [6.07, 6.45) is 1.47. The topological polar surface area (TPSA) is 46.5 Å². The third-order valence-electron chi connectivity index (χ3n) is 5.84. The molecule has 1 saturated heterocycles. The van der Waals surface area contributed by atoms with Crippen molar-refractivity contribution in [3.05, 3.63) is 63.9 Å². The van der Waals surface area contributed by atoms with Crippen LogP contribution in [0.5, 0.6) is 0 Å². The van der Waals surface area contributed by atoms with E-state index in [1.54, 1.807) is 12.1 Å². The molecule has 2 atom stereocenters. The van der Waals surface area contributed by atoms with Gasteiger partial charge >= 0.3 is 0 Å². The summed E-state index contributed by atoms with van der Waals surface area (Å²) in [5.41, 5.74) is 3.52. The summed E-state index contributed by atoms with van der Waals surface area (Å²) in [5, 5.41) is 11.2. The zero-order valence-corrected chi connectivity index (χ0v) is 16.6. The average Bonchev–Trinajstić information content (AvgIpc) is 3.08. The van der Waals surface area contributed by atoms with E-state index in [4.69, 9.17) is 16.3 Å². The number of benzene rings is 2. The number of ketones is 1. The van der Waals surface area contributed by atoms with Crippen LogP contribution in [0.4, 0.5) is 4.39 Å². The average molecular weight is 401 g/mol. The van der Waals surface area contributed by atoms with Crippen LogP contribution in [0.1, 0.15) is 43.4 Å². The number of hydrogen-bond donors (Lipinski definition) is 1. The van der Waals surface area contributed by atoms with Crippen LogP contribution in [-0.2, 0) is 22.6 Å². The minimum Gasteiger partial charge on any atom is -0.508 e. The number of aryl methyl sites for hydroxylation is 1. The first-order valence-corrected chi connectivity index (χ1v) is 9.89. The molecule has 0 spiro atoms. The van der Waals surface area contributed by atoms with E-state index in [0.29, 0.717) is 35.4 Å². The number of carbonyl (C=O) groups excluding carboxylic acids is 1. The van der Waals surface area contributed by atoms with Crippen molar-refractivity contribution < 1.29 is 19.0 Å². The number of ether oxygens (including phenoxy) is 1. The van der Waals surface area contributed by atoms with E-state index in [2.05, 4.69) is 0 Å². The van der Waals surface area contributed by atoms with Gasteiger partial charge in [0.25, 0.3) is 0 Å². The SMILES string of the molecule is CCc1cc(-c2ccc(Cl)c(CF)c2)ccc1C1=C(O)[C@@]2(C)CC[C@H](O2)C1=O. The lowest BCUT2D eigenvalue weighted by atomic mass is 9.86. The van der Waals surface area contributed by atoms with E-state index in [-0.39, 0.29) is 11.5 Å². The summed E-state index contributed by atoms with van der Waals surface area (Å²) < 4.78 is 18.9. The Bertz CT molecular complexity index is 997. The first-order chi connectivity index (χ1) is 13.4. The highest BCUT2D eigenvalue weighted by molar-refractivity contribution is 6.31. The zero-order valence-electron chi connectivity index (χ0n) is 15.9. The number of Topliss-reactive ketones (excluding diaryl/α,β-unsaturated/α-hetero) is 1. The molecule has 3 nitrogen and oxygen atoms in total. The second-order valence-corrected chi connectivity index (χ2v) is 8.04. The molecular formula is C23H22ClFO3. The quantitative estimate of drug-likeness (QED) is 0.702. The van der Waals surface area contributed by atoms with E-state index in [0.717, 1.165) is 22.3 Å². The van der Waals surface area contributed by atoms with E-state index in [1.165, 1.54) is 0 Å². The molecule has 0 aromatic heterocycles. The molecule has 5 heteroatoms. The summed E-state index contributed by atoms with van der Waals surface area (Å²) in [7, 11) is 0. The number of fused-ring (bicyclic) bond motifs is 2. The Morgan fingerprint density at radius 3 is 2.57 bits per heavy atom. The molecule has 0 saturated carbocycles. The van der Waals surface area contributed by atoms with Crippen LogP contribution >= 0.6 is 11.6 Å². The lowest BCUT2D eigenvalue weighted by molar-refractivity contribution is -0.130. The summed E-state index contributed by atoms with van der Waals surface area (Å²) >= 11 is 6.02. The highest BCUT2D eigenvalue weighted by Gasteiger charge is 2.50. The fourth-order valence-electron chi connectivity index (χ4n) is 4.17. The maximum atomic E-state index is 13.2. The molecular weight excluding hydrogens is 379 g/mol. The summed E-state index contributed by atoms with van der Waals surface area (Å²) in [4.78, 5) is 12.9. The molecule has 2 aliphatic rings. The van der Waals surface area contributed by atoms with Crippen LogP contribution in [0.3, 0.4) is 0 Å². The van der Waals surface area contributed by atoms with Gasteiger partial charge in [0.1, 0.15) is 24.1 Å². The maximum Gasteiger partial charge on any atom is 0.195 e. The van der Waals surface area contributed by atoms with Crippen molar-refractivity contribution in [3.8, 4) is 11.1 Å². The van der Waals surface area contributed by atoms with E-state index in [9.17, 15) is 14.3 Å². The van der Waals surface area contributed by atoms with Gasteiger partial charge in [-0.25, -0.2) is 4.39 Å². The molecule has 4 rings (SSSR count). The summed E-state index contributed by atoms with van der Waals surface area (Å²) in [6.45, 7) is 3.22. The van der Waals surface area contributed by atoms with Crippen LogP contribution in [0.2, 0.25) is 5.02 Å². The molecule has 2 aromatic carbocycles. The van der Waals surface area contributed by atoms with Crippen LogP contribution in [-0.4, -0.2) is 22.6 Å². The monoisotopic (exact) mass is 400 g/mol. The molecule has 2 heterocycles. The minimum atomic E-state index is -0.788. The van der Waals surface area contributed by atoms with Crippen LogP contribution < -0.4 is 0 Å². The van der Waals surface area contributed by atoms with Gasteiger partial charge in [-0.1, -0.05) is 42.8 Å². The second-order valence-electron chi connectivity index (χ2n) is 7.63. The molecule has 1 fully saturated rings. The van der Waals surface area contributed by atoms with Crippen molar-refractivity contribution in [2.45, 2.75) is 51.5 Å². The molecule has 1 N–H and O–H groups in total. The van der Waals surface area contributed by atoms with Crippen LogP contribution in [0.15, 0.2) is 42.2 Å². The molecule has 0 unspecified atom stereocenters. The summed E-state index contributed by atoms with van der Waals surface area (Å²) in [5.74, 6) is -0.124. The lowest BCUT2D eigenvalue weighted by Gasteiger charge is -2.31. The van der Waals surface area contributed by atoms with Crippen LogP contribution in [0, 0.1) is 0 Å². The van der Waals surface area contributed by atoms with Gasteiger partial charge in [-0.05, 0) is 60.6 Å². The third kappa shape index (κ3) is 2.96. The number of carbonyl (C=O) groups is 1. The third-order valence-corrected chi connectivity index (χ3v) is 6.21. The second kappa shape index (κ2) is 7.02. The normalized spacial score (nSPS) is 24.1. The highest BCUT2D eigenvalue weighted by atomic mass is 35.5. The van der Waals surface area contributed by atoms with Gasteiger partial charge in [0, 0.05) is 10.6 Å². The molecule has 0 aliphatic carbocycles. The molecule has 0 radical (unpaired) electrons. The van der Waals surface area contributed by atoms with E-state index < -0.39 is 18.4 Å². The number of aliphatic hydroxyl groups is 1. The van der Waals surface area contributed by atoms with Crippen molar-refractivity contribution >= 4 is 23.0 Å². The number of halogens is 2. The van der Waals surface area contributed by atoms with Crippen molar-refractivity contribution in [2.24, 2.45) is 0 Å². The van der Waals surface area contributed by atoms with Gasteiger partial charge in [-0.3, -0.25) is 4.79 Å². The van der Waals surface area contributed by atoms with Crippen molar-refractivity contribution in [1.29, 1.82) is 0 Å². The molecule has 146 valence electrons. The number of rotatable bonds is 4. The first-order valence-electron chi connectivity index (χ1n) is 9.51. The Hall–Kier alpha value is -2.17. The summed E-state index contributed by atoms with van der Waals surface area (Å²) in [6, 6.07) is 11.1. The predicted molar refractivity (Wildman–Crippen MR) is 108 cm³/mol. The Labute approximate surface area is 168 Å². The molecule has 0 amide bonds. The van der Waals surface area contributed by atoms with Crippen molar-refractivity contribution in [2.75, 3.05) is 0 Å². The number of alkyl halides is 1. The van der Waals surface area contributed by atoms with Gasteiger partial charge < -0.3 is 9.84 Å².